The summed E-state index contributed by atoms with van der Waals surface area (Å²) in [7, 11) is 0. The quantitative estimate of drug-likeness (QED) is 0.485. The Morgan fingerprint density at radius 2 is 1.77 bits per heavy atom. The Morgan fingerprint density at radius 3 is 2.45 bits per heavy atom. The van der Waals surface area contributed by atoms with Gasteiger partial charge in [-0.05, 0) is 104 Å². The third kappa shape index (κ3) is 3.87. The summed E-state index contributed by atoms with van der Waals surface area (Å²) >= 11 is 0. The molecule has 0 radical (unpaired) electrons. The van der Waals surface area contributed by atoms with E-state index in [-0.39, 0.29) is 17.4 Å². The fraction of sp³-hybridized carbons (Fsp3) is 0.897. The fourth-order valence-electron chi connectivity index (χ4n) is 9.04. The van der Waals surface area contributed by atoms with Crippen LogP contribution in [-0.4, -0.2) is 17.0 Å². The molecule has 2 nitrogen and oxygen atoms in total. The molecule has 0 saturated heterocycles. The zero-order valence-corrected chi connectivity index (χ0v) is 21.1. The van der Waals surface area contributed by atoms with E-state index in [4.69, 9.17) is 0 Å². The number of allylic oxidation sites excluding steroid dienone is 1. The van der Waals surface area contributed by atoms with Crippen molar-refractivity contribution in [2.45, 2.75) is 112 Å². The van der Waals surface area contributed by atoms with Gasteiger partial charge in [-0.2, -0.15) is 0 Å². The maximum atomic E-state index is 13.5. The highest BCUT2D eigenvalue weighted by Gasteiger charge is 2.61. The highest BCUT2D eigenvalue weighted by molar-refractivity contribution is 5.94. The number of hydrogen-bond donors (Lipinski definition) is 1. The Balaban J connectivity index is 1.52. The van der Waals surface area contributed by atoms with E-state index in [0.29, 0.717) is 23.0 Å². The Hall–Kier alpha value is -0.630. The monoisotopic (exact) mass is 428 g/mol. The van der Waals surface area contributed by atoms with E-state index < -0.39 is 0 Å². The van der Waals surface area contributed by atoms with Crippen LogP contribution in [0.4, 0.5) is 0 Å². The summed E-state index contributed by atoms with van der Waals surface area (Å²) in [6.07, 6.45) is 13.5. The molecule has 0 bridgehead atoms. The van der Waals surface area contributed by atoms with Gasteiger partial charge in [0, 0.05) is 5.92 Å². The van der Waals surface area contributed by atoms with Gasteiger partial charge in [0.1, 0.15) is 0 Å². The van der Waals surface area contributed by atoms with Crippen molar-refractivity contribution in [3.63, 3.8) is 0 Å². The number of hydrogen-bond acceptors (Lipinski definition) is 2. The van der Waals surface area contributed by atoms with Crippen LogP contribution in [0.25, 0.3) is 0 Å². The largest absolute Gasteiger partial charge is 0.393 e. The molecule has 3 saturated carbocycles. The molecule has 31 heavy (non-hydrogen) atoms. The smallest absolute Gasteiger partial charge is 0.159 e. The molecule has 4 aliphatic rings. The third-order valence-electron chi connectivity index (χ3n) is 11.1. The SMILES string of the molecule is CC[C@@H](CC[C@@H](C)[C@H]1CCC2C3C(=O)C=C4C[C@@H](O)CC[C@]4(C)C3CC[C@@]21C)C(C)C. The van der Waals surface area contributed by atoms with Crippen molar-refractivity contribution in [2.75, 3.05) is 0 Å². The zero-order valence-electron chi connectivity index (χ0n) is 21.1. The van der Waals surface area contributed by atoms with E-state index in [9.17, 15) is 9.90 Å². The van der Waals surface area contributed by atoms with Gasteiger partial charge in [0.05, 0.1) is 6.10 Å². The summed E-state index contributed by atoms with van der Waals surface area (Å²) in [6.45, 7) is 14.6. The molecule has 0 aromatic rings. The summed E-state index contributed by atoms with van der Waals surface area (Å²) in [6, 6.07) is 0. The Kier molecular flexibility index (Phi) is 6.54. The lowest BCUT2D eigenvalue weighted by molar-refractivity contribution is -0.135. The molecule has 0 aromatic heterocycles. The van der Waals surface area contributed by atoms with Gasteiger partial charge in [0.2, 0.25) is 0 Å². The number of carbonyl (C=O) groups excluding carboxylic acids is 1. The molecule has 9 atom stereocenters. The van der Waals surface area contributed by atoms with Gasteiger partial charge in [0.15, 0.2) is 5.78 Å². The van der Waals surface area contributed by atoms with Gasteiger partial charge < -0.3 is 5.11 Å². The number of fused-ring (bicyclic) bond motifs is 5. The molecule has 0 heterocycles. The van der Waals surface area contributed by atoms with Crippen molar-refractivity contribution in [1.29, 1.82) is 0 Å². The minimum Gasteiger partial charge on any atom is -0.393 e. The molecule has 4 rings (SSSR count). The molecule has 0 aromatic carbocycles. The van der Waals surface area contributed by atoms with E-state index >= 15 is 0 Å². The van der Waals surface area contributed by atoms with Crippen molar-refractivity contribution < 1.29 is 9.90 Å². The lowest BCUT2D eigenvalue weighted by Crippen LogP contribution is -2.53. The number of aliphatic hydroxyl groups excluding tert-OH is 1. The third-order valence-corrected chi connectivity index (χ3v) is 11.1. The molecule has 2 heteroatoms. The molecule has 1 N–H and O–H groups in total. The van der Waals surface area contributed by atoms with Crippen LogP contribution in [-0.2, 0) is 4.79 Å². The van der Waals surface area contributed by atoms with Crippen LogP contribution < -0.4 is 0 Å². The van der Waals surface area contributed by atoms with Crippen LogP contribution in [0.2, 0.25) is 0 Å². The van der Waals surface area contributed by atoms with Gasteiger partial charge in [-0.15, -0.1) is 0 Å². The van der Waals surface area contributed by atoms with E-state index in [1.807, 2.05) is 6.08 Å². The van der Waals surface area contributed by atoms with Crippen molar-refractivity contribution >= 4 is 5.78 Å². The van der Waals surface area contributed by atoms with Crippen molar-refractivity contribution in [2.24, 2.45) is 52.3 Å². The van der Waals surface area contributed by atoms with Crippen LogP contribution >= 0.6 is 0 Å². The molecular weight excluding hydrogens is 380 g/mol. The van der Waals surface area contributed by atoms with Gasteiger partial charge in [-0.1, -0.05) is 60.0 Å². The molecule has 0 spiro atoms. The first-order valence-corrected chi connectivity index (χ1v) is 13.5. The first kappa shape index (κ1) is 23.5. The molecule has 4 aliphatic carbocycles. The molecule has 3 fully saturated rings. The molecule has 176 valence electrons. The fourth-order valence-corrected chi connectivity index (χ4v) is 9.04. The number of ketones is 1. The lowest BCUT2D eigenvalue weighted by atomic mass is 9.46. The molecular formula is C29H48O2. The number of carbonyl (C=O) groups is 1. The minimum absolute atomic E-state index is 0.147. The second-order valence-electron chi connectivity index (χ2n) is 12.8. The predicted molar refractivity (Wildman–Crippen MR) is 129 cm³/mol. The van der Waals surface area contributed by atoms with Crippen LogP contribution in [0.5, 0.6) is 0 Å². The van der Waals surface area contributed by atoms with E-state index in [1.165, 1.54) is 50.5 Å². The summed E-state index contributed by atoms with van der Waals surface area (Å²) in [4.78, 5) is 13.5. The Bertz CT molecular complexity index is 708. The Morgan fingerprint density at radius 1 is 1.03 bits per heavy atom. The second kappa shape index (κ2) is 8.62. The molecule has 0 aliphatic heterocycles. The lowest BCUT2D eigenvalue weighted by Gasteiger charge is -2.57. The summed E-state index contributed by atoms with van der Waals surface area (Å²) < 4.78 is 0. The standard InChI is InChI=1S/C29H48O2/c1-7-20(18(2)3)9-8-19(4)23-10-11-24-27-25(13-15-29(23,24)6)28(5)14-12-22(30)16-21(28)17-26(27)31/h17-20,22-25,27,30H,7-16H2,1-6H3/t19-,20+,22+,23-,24?,25?,27?,28+,29-/m1/s1. The van der Waals surface area contributed by atoms with Crippen molar-refractivity contribution in [1.82, 2.24) is 0 Å². The topological polar surface area (TPSA) is 37.3 Å². The van der Waals surface area contributed by atoms with Crippen LogP contribution in [0.3, 0.4) is 0 Å². The second-order valence-corrected chi connectivity index (χ2v) is 12.8. The van der Waals surface area contributed by atoms with Gasteiger partial charge >= 0.3 is 0 Å². The molecule has 3 unspecified atom stereocenters. The highest BCUT2D eigenvalue weighted by Crippen LogP contribution is 2.66. The maximum Gasteiger partial charge on any atom is 0.159 e. The van der Waals surface area contributed by atoms with Gasteiger partial charge in [0.25, 0.3) is 0 Å². The molecule has 0 amide bonds. The normalized spacial score (nSPS) is 44.3. The summed E-state index contributed by atoms with van der Waals surface area (Å²) in [5, 5.41) is 10.2. The van der Waals surface area contributed by atoms with E-state index in [2.05, 4.69) is 41.5 Å². The van der Waals surface area contributed by atoms with Gasteiger partial charge in [-0.3, -0.25) is 4.79 Å². The van der Waals surface area contributed by atoms with Crippen molar-refractivity contribution in [3.8, 4) is 0 Å². The number of aliphatic hydroxyl groups is 1. The predicted octanol–water partition coefficient (Wildman–Crippen LogP) is 7.20. The first-order chi connectivity index (χ1) is 14.6. The van der Waals surface area contributed by atoms with Crippen molar-refractivity contribution in [3.05, 3.63) is 11.6 Å². The first-order valence-electron chi connectivity index (χ1n) is 13.5. The highest BCUT2D eigenvalue weighted by atomic mass is 16.3. The average molecular weight is 429 g/mol. The van der Waals surface area contributed by atoms with Crippen LogP contribution in [0.1, 0.15) is 106 Å². The van der Waals surface area contributed by atoms with Gasteiger partial charge in [-0.25, -0.2) is 0 Å². The number of rotatable bonds is 6. The minimum atomic E-state index is -0.243. The summed E-state index contributed by atoms with van der Waals surface area (Å²) in [5.74, 6) is 4.90. The summed E-state index contributed by atoms with van der Waals surface area (Å²) in [5.41, 5.74) is 1.75. The Labute approximate surface area is 191 Å². The maximum absolute atomic E-state index is 13.5. The van der Waals surface area contributed by atoms with E-state index in [0.717, 1.165) is 42.9 Å². The van der Waals surface area contributed by atoms with Crippen LogP contribution in [0, 0.1) is 52.3 Å². The average Bonchev–Trinajstić information content (AvgIpc) is 3.06. The zero-order chi connectivity index (χ0) is 22.6. The van der Waals surface area contributed by atoms with Crippen LogP contribution in [0.15, 0.2) is 11.6 Å². The van der Waals surface area contributed by atoms with E-state index in [1.54, 1.807) is 0 Å².